The molecule has 0 unspecified atom stereocenters. The van der Waals surface area contributed by atoms with E-state index >= 15 is 0 Å². The summed E-state index contributed by atoms with van der Waals surface area (Å²) in [5, 5.41) is 1.95. The Morgan fingerprint density at radius 3 is 2.79 bits per heavy atom. The van der Waals surface area contributed by atoms with Gasteiger partial charge >= 0.3 is 0 Å². The molecule has 1 fully saturated rings. The zero-order valence-electron chi connectivity index (χ0n) is 15.5. The number of rotatable bonds is 6. The predicted octanol–water partition coefficient (Wildman–Crippen LogP) is 3.54. The fourth-order valence-corrected chi connectivity index (χ4v) is 4.26. The molecule has 1 aliphatic rings. The lowest BCUT2D eigenvalue weighted by Crippen LogP contribution is -2.29. The maximum absolute atomic E-state index is 13.1. The number of hydrogen-bond donors (Lipinski definition) is 1. The number of benzene rings is 2. The Labute approximate surface area is 168 Å². The van der Waals surface area contributed by atoms with Crippen LogP contribution in [-0.2, 0) is 6.61 Å². The lowest BCUT2D eigenvalue weighted by atomic mass is 9.89. The number of carbonyl (C=O) groups excluding carboxylic acids is 1. The molecule has 0 spiro atoms. The molecule has 1 aromatic heterocycles. The van der Waals surface area contributed by atoms with E-state index in [2.05, 4.69) is 17.1 Å². The molecule has 3 aromatic rings. The Morgan fingerprint density at radius 2 is 2.04 bits per heavy atom. The molecular weight excluding hydrogens is 370 g/mol. The third-order valence-electron chi connectivity index (χ3n) is 5.21. The van der Waals surface area contributed by atoms with Gasteiger partial charge in [0.05, 0.1) is 11.2 Å². The van der Waals surface area contributed by atoms with Crippen molar-refractivity contribution in [3.05, 3.63) is 82.3 Å². The molecule has 0 bridgehead atoms. The topological polar surface area (TPSA) is 68.5 Å². The second-order valence-corrected chi connectivity index (χ2v) is 7.74. The van der Waals surface area contributed by atoms with E-state index in [0.717, 1.165) is 5.69 Å². The van der Waals surface area contributed by atoms with Crippen molar-refractivity contribution in [3.63, 3.8) is 0 Å². The first kappa shape index (κ1) is 18.7. The number of hydrogen-bond acceptors (Lipinski definition) is 5. The van der Waals surface area contributed by atoms with Gasteiger partial charge in [-0.15, -0.1) is 11.3 Å². The van der Waals surface area contributed by atoms with Crippen molar-refractivity contribution in [2.24, 2.45) is 11.7 Å². The first-order valence-electron chi connectivity index (χ1n) is 9.39. The molecule has 2 N–H and O–H groups in total. The number of amides is 1. The van der Waals surface area contributed by atoms with Gasteiger partial charge in [0, 0.05) is 30.0 Å². The van der Waals surface area contributed by atoms with Crippen LogP contribution in [0.15, 0.2) is 65.5 Å². The van der Waals surface area contributed by atoms with E-state index < -0.39 is 0 Å². The SMILES string of the molecule is NC[C@@H]1CN(C(=O)c2cccc(OCc3cscn3)c2)C[C@H]1c1ccccc1. The number of carbonyl (C=O) groups is 1. The fraction of sp³-hybridized carbons (Fsp3) is 0.273. The average Bonchev–Trinajstić information content (AvgIpc) is 3.42. The summed E-state index contributed by atoms with van der Waals surface area (Å²) in [6.45, 7) is 2.34. The van der Waals surface area contributed by atoms with Crippen molar-refractivity contribution >= 4 is 17.2 Å². The summed E-state index contributed by atoms with van der Waals surface area (Å²) in [5.74, 6) is 1.25. The molecule has 5 nitrogen and oxygen atoms in total. The summed E-state index contributed by atoms with van der Waals surface area (Å²) in [6.07, 6.45) is 0. The van der Waals surface area contributed by atoms with Crippen LogP contribution in [0.4, 0.5) is 0 Å². The summed E-state index contributed by atoms with van der Waals surface area (Å²) in [4.78, 5) is 19.2. The zero-order valence-corrected chi connectivity index (χ0v) is 16.3. The number of aromatic nitrogens is 1. The quantitative estimate of drug-likeness (QED) is 0.696. The van der Waals surface area contributed by atoms with Crippen LogP contribution in [-0.4, -0.2) is 35.4 Å². The van der Waals surface area contributed by atoms with Gasteiger partial charge in [-0.25, -0.2) is 4.98 Å². The molecule has 1 saturated heterocycles. The Bertz CT molecular complexity index is 915. The summed E-state index contributed by atoms with van der Waals surface area (Å²) < 4.78 is 5.79. The lowest BCUT2D eigenvalue weighted by Gasteiger charge is -2.17. The number of likely N-dealkylation sites (tertiary alicyclic amines) is 1. The monoisotopic (exact) mass is 393 g/mol. The minimum atomic E-state index is 0.0241. The molecule has 1 aliphatic heterocycles. The molecule has 1 amide bonds. The minimum absolute atomic E-state index is 0.0241. The zero-order chi connectivity index (χ0) is 19.3. The summed E-state index contributed by atoms with van der Waals surface area (Å²) in [5.41, 5.74) is 10.6. The Hall–Kier alpha value is -2.70. The molecule has 0 aliphatic carbocycles. The van der Waals surface area contributed by atoms with E-state index in [1.807, 2.05) is 52.7 Å². The third kappa shape index (κ3) is 4.08. The van der Waals surface area contributed by atoms with Crippen LogP contribution in [0.2, 0.25) is 0 Å². The maximum Gasteiger partial charge on any atom is 0.254 e. The second kappa shape index (κ2) is 8.54. The minimum Gasteiger partial charge on any atom is -0.487 e. The van der Waals surface area contributed by atoms with Crippen LogP contribution in [0, 0.1) is 5.92 Å². The first-order valence-corrected chi connectivity index (χ1v) is 10.3. The molecule has 4 rings (SSSR count). The average molecular weight is 394 g/mol. The maximum atomic E-state index is 13.1. The molecule has 144 valence electrons. The van der Waals surface area contributed by atoms with Gasteiger partial charge < -0.3 is 15.4 Å². The highest BCUT2D eigenvalue weighted by Gasteiger charge is 2.35. The molecule has 0 radical (unpaired) electrons. The fourth-order valence-electron chi connectivity index (χ4n) is 3.72. The largest absolute Gasteiger partial charge is 0.487 e. The van der Waals surface area contributed by atoms with Crippen LogP contribution < -0.4 is 10.5 Å². The molecule has 6 heteroatoms. The first-order chi connectivity index (χ1) is 13.7. The standard InChI is InChI=1S/C22H23N3O2S/c23-10-18-11-25(12-21(18)16-5-2-1-3-6-16)22(26)17-7-4-8-20(9-17)27-13-19-14-28-15-24-19/h1-9,14-15,18,21H,10-13,23H2/t18-,21+/m1/s1. The number of nitrogens with zero attached hydrogens (tertiary/aromatic N) is 2. The van der Waals surface area contributed by atoms with Gasteiger partial charge in [-0.2, -0.15) is 0 Å². The molecule has 28 heavy (non-hydrogen) atoms. The number of thiazole rings is 1. The highest BCUT2D eigenvalue weighted by atomic mass is 32.1. The van der Waals surface area contributed by atoms with Crippen molar-refractivity contribution in [1.29, 1.82) is 0 Å². The molecule has 2 heterocycles. The van der Waals surface area contributed by atoms with Gasteiger partial charge in [0.2, 0.25) is 0 Å². The van der Waals surface area contributed by atoms with E-state index in [4.69, 9.17) is 10.5 Å². The van der Waals surface area contributed by atoms with Crippen LogP contribution >= 0.6 is 11.3 Å². The highest BCUT2D eigenvalue weighted by Crippen LogP contribution is 2.33. The summed E-state index contributed by atoms with van der Waals surface area (Å²) in [6, 6.07) is 17.7. The van der Waals surface area contributed by atoms with Gasteiger partial charge in [0.1, 0.15) is 12.4 Å². The van der Waals surface area contributed by atoms with Crippen molar-refractivity contribution < 1.29 is 9.53 Å². The van der Waals surface area contributed by atoms with E-state index in [1.165, 1.54) is 16.9 Å². The van der Waals surface area contributed by atoms with Crippen LogP contribution in [0.3, 0.4) is 0 Å². The summed E-state index contributed by atoms with van der Waals surface area (Å²) >= 11 is 1.54. The number of ether oxygens (including phenoxy) is 1. The van der Waals surface area contributed by atoms with Gasteiger partial charge in [-0.3, -0.25) is 4.79 Å². The van der Waals surface area contributed by atoms with Crippen LogP contribution in [0.25, 0.3) is 0 Å². The van der Waals surface area contributed by atoms with Crippen molar-refractivity contribution in [3.8, 4) is 5.75 Å². The van der Waals surface area contributed by atoms with E-state index in [0.29, 0.717) is 37.6 Å². The highest BCUT2D eigenvalue weighted by molar-refractivity contribution is 7.07. The molecular formula is C22H23N3O2S. The van der Waals surface area contributed by atoms with Crippen LogP contribution in [0.1, 0.15) is 27.5 Å². The Morgan fingerprint density at radius 1 is 1.18 bits per heavy atom. The predicted molar refractivity (Wildman–Crippen MR) is 111 cm³/mol. The lowest BCUT2D eigenvalue weighted by molar-refractivity contribution is 0.0786. The van der Waals surface area contributed by atoms with E-state index in [1.54, 1.807) is 5.51 Å². The van der Waals surface area contributed by atoms with Gasteiger partial charge in [0.15, 0.2) is 0 Å². The smallest absolute Gasteiger partial charge is 0.254 e. The normalized spacial score (nSPS) is 19.0. The van der Waals surface area contributed by atoms with E-state index in [-0.39, 0.29) is 17.7 Å². The molecule has 2 aromatic carbocycles. The van der Waals surface area contributed by atoms with Crippen LogP contribution in [0.5, 0.6) is 5.75 Å². The second-order valence-electron chi connectivity index (χ2n) is 7.02. The Balaban J connectivity index is 1.46. The van der Waals surface area contributed by atoms with Gasteiger partial charge in [0.25, 0.3) is 5.91 Å². The molecule has 2 atom stereocenters. The van der Waals surface area contributed by atoms with Gasteiger partial charge in [-0.05, 0) is 36.2 Å². The number of nitrogens with two attached hydrogens (primary N) is 1. The third-order valence-corrected chi connectivity index (χ3v) is 5.85. The van der Waals surface area contributed by atoms with Crippen molar-refractivity contribution in [1.82, 2.24) is 9.88 Å². The van der Waals surface area contributed by atoms with Gasteiger partial charge in [-0.1, -0.05) is 36.4 Å². The summed E-state index contributed by atoms with van der Waals surface area (Å²) in [7, 11) is 0. The van der Waals surface area contributed by atoms with E-state index in [9.17, 15) is 4.79 Å². The van der Waals surface area contributed by atoms with Crippen molar-refractivity contribution in [2.75, 3.05) is 19.6 Å². The molecule has 0 saturated carbocycles. The Kier molecular flexibility index (Phi) is 5.69. The van der Waals surface area contributed by atoms with Crippen molar-refractivity contribution in [2.45, 2.75) is 12.5 Å².